The van der Waals surface area contributed by atoms with E-state index in [0.29, 0.717) is 16.9 Å². The molecule has 0 bridgehead atoms. The van der Waals surface area contributed by atoms with Crippen LogP contribution in [0.1, 0.15) is 45.6 Å². The minimum absolute atomic E-state index is 0.0393. The van der Waals surface area contributed by atoms with Gasteiger partial charge in [-0.15, -0.1) is 13.2 Å². The van der Waals surface area contributed by atoms with E-state index in [1.165, 1.54) is 6.07 Å². The maximum atomic E-state index is 13.8. The normalized spacial score (nSPS) is 14.8. The molecule has 0 unspecified atom stereocenters. The van der Waals surface area contributed by atoms with Crippen molar-refractivity contribution in [3.8, 4) is 28.2 Å². The maximum Gasteiger partial charge on any atom is 0.573 e. The summed E-state index contributed by atoms with van der Waals surface area (Å²) in [6, 6.07) is 19.6. The molecule has 5 rings (SSSR count). The van der Waals surface area contributed by atoms with E-state index < -0.39 is 34.8 Å². The van der Waals surface area contributed by atoms with Crippen molar-refractivity contribution >= 4 is 17.1 Å². The van der Waals surface area contributed by atoms with Crippen molar-refractivity contribution in [2.75, 3.05) is 0 Å². The molecule has 4 aromatic rings. The summed E-state index contributed by atoms with van der Waals surface area (Å²) >= 11 is 0. The Labute approximate surface area is 228 Å². The number of alkyl halides is 3. The highest BCUT2D eigenvalue weighted by molar-refractivity contribution is 5.89. The summed E-state index contributed by atoms with van der Waals surface area (Å²) in [4.78, 5) is 26.3. The van der Waals surface area contributed by atoms with Gasteiger partial charge in [-0.25, -0.2) is 4.79 Å². The third kappa shape index (κ3) is 5.68. The molecule has 0 spiro atoms. The van der Waals surface area contributed by atoms with Crippen LogP contribution in [0.4, 0.5) is 18.0 Å². The molecule has 1 heterocycles. The fourth-order valence-corrected chi connectivity index (χ4v) is 4.90. The average molecular weight is 552 g/mol. The average Bonchev–Trinajstić information content (AvgIpc) is 2.85. The van der Waals surface area contributed by atoms with E-state index in [1.54, 1.807) is 57.2 Å². The number of amides is 1. The summed E-state index contributed by atoms with van der Waals surface area (Å²) in [7, 11) is 0. The van der Waals surface area contributed by atoms with Gasteiger partial charge in [-0.2, -0.15) is 0 Å². The van der Waals surface area contributed by atoms with Crippen LogP contribution in [0.25, 0.3) is 33.4 Å². The molecule has 40 heavy (non-hydrogen) atoms. The van der Waals surface area contributed by atoms with Crippen molar-refractivity contribution in [1.82, 2.24) is 5.32 Å². The van der Waals surface area contributed by atoms with Crippen LogP contribution in [-0.2, 0) is 10.3 Å². The van der Waals surface area contributed by atoms with Gasteiger partial charge in [0.25, 0.3) is 0 Å². The molecule has 0 saturated heterocycles. The van der Waals surface area contributed by atoms with Crippen molar-refractivity contribution in [1.29, 1.82) is 0 Å². The number of benzene rings is 3. The highest BCUT2D eigenvalue weighted by Crippen LogP contribution is 2.42. The van der Waals surface area contributed by atoms with Crippen LogP contribution >= 0.6 is 0 Å². The summed E-state index contributed by atoms with van der Waals surface area (Å²) in [5.41, 5.74) is 0.644. The van der Waals surface area contributed by atoms with Gasteiger partial charge in [0.1, 0.15) is 22.7 Å². The zero-order valence-corrected chi connectivity index (χ0v) is 22.2. The van der Waals surface area contributed by atoms with Crippen LogP contribution in [0.3, 0.4) is 0 Å². The van der Waals surface area contributed by atoms with Crippen molar-refractivity contribution in [3.05, 3.63) is 88.6 Å². The number of nitrogens with one attached hydrogen (secondary N) is 1. The SMILES string of the molecule is CC(C)(C)OC(=O)NC1(c2ccc(-c3c(-c4ccccc4)oc4ccc(OC(F)(F)F)cc4c3=O)cc2)CCC1. The van der Waals surface area contributed by atoms with Crippen LogP contribution < -0.4 is 15.5 Å². The number of halogens is 3. The minimum atomic E-state index is -4.90. The van der Waals surface area contributed by atoms with E-state index in [2.05, 4.69) is 10.1 Å². The molecule has 1 fully saturated rings. The van der Waals surface area contributed by atoms with Gasteiger partial charge in [0.2, 0.25) is 5.43 Å². The molecule has 1 aliphatic carbocycles. The van der Waals surface area contributed by atoms with Gasteiger partial charge in [0.15, 0.2) is 0 Å². The first kappa shape index (κ1) is 27.3. The molecule has 1 aliphatic rings. The first-order valence-electron chi connectivity index (χ1n) is 12.9. The molecule has 1 amide bonds. The lowest BCUT2D eigenvalue weighted by Gasteiger charge is -2.43. The van der Waals surface area contributed by atoms with E-state index in [9.17, 15) is 22.8 Å². The molecule has 1 saturated carbocycles. The van der Waals surface area contributed by atoms with Gasteiger partial charge in [0, 0.05) is 5.56 Å². The number of fused-ring (bicyclic) bond motifs is 1. The highest BCUT2D eigenvalue weighted by Gasteiger charge is 2.41. The second-order valence-electron chi connectivity index (χ2n) is 10.8. The minimum Gasteiger partial charge on any atom is -0.455 e. The fraction of sp³-hybridized carbons (Fsp3) is 0.290. The Bertz CT molecular complexity index is 1600. The summed E-state index contributed by atoms with van der Waals surface area (Å²) in [5, 5.41) is 2.97. The molecular weight excluding hydrogens is 523 g/mol. The number of ether oxygens (including phenoxy) is 2. The topological polar surface area (TPSA) is 77.8 Å². The van der Waals surface area contributed by atoms with Crippen LogP contribution in [0.2, 0.25) is 0 Å². The molecule has 208 valence electrons. The van der Waals surface area contributed by atoms with Crippen LogP contribution in [0.5, 0.6) is 5.75 Å². The van der Waals surface area contributed by atoms with E-state index in [0.717, 1.165) is 37.0 Å². The van der Waals surface area contributed by atoms with Crippen LogP contribution in [0.15, 0.2) is 82.0 Å². The molecule has 0 atom stereocenters. The Morgan fingerprint density at radius 2 is 1.60 bits per heavy atom. The number of hydrogen-bond donors (Lipinski definition) is 1. The van der Waals surface area contributed by atoms with Gasteiger partial charge >= 0.3 is 12.5 Å². The molecule has 1 N–H and O–H groups in total. The zero-order valence-electron chi connectivity index (χ0n) is 22.2. The molecule has 0 aliphatic heterocycles. The predicted octanol–water partition coefficient (Wildman–Crippen LogP) is 7.93. The molecule has 0 radical (unpaired) electrons. The third-order valence-corrected chi connectivity index (χ3v) is 6.80. The van der Waals surface area contributed by atoms with E-state index in [1.807, 2.05) is 18.2 Å². The molecule has 1 aromatic heterocycles. The predicted molar refractivity (Wildman–Crippen MR) is 145 cm³/mol. The van der Waals surface area contributed by atoms with E-state index in [-0.39, 0.29) is 16.5 Å². The van der Waals surface area contributed by atoms with Crippen molar-refractivity contribution in [2.45, 2.75) is 57.5 Å². The van der Waals surface area contributed by atoms with Crippen LogP contribution in [-0.4, -0.2) is 18.1 Å². The number of rotatable bonds is 5. The van der Waals surface area contributed by atoms with Gasteiger partial charge in [-0.1, -0.05) is 54.6 Å². The molecule has 6 nitrogen and oxygen atoms in total. The Kier molecular flexibility index (Phi) is 6.85. The Hall–Kier alpha value is -4.27. The molecule has 3 aromatic carbocycles. The van der Waals surface area contributed by atoms with Gasteiger partial charge in [0.05, 0.1) is 16.5 Å². The van der Waals surface area contributed by atoms with E-state index >= 15 is 0 Å². The summed E-state index contributed by atoms with van der Waals surface area (Å²) < 4.78 is 54.1. The quantitative estimate of drug-likeness (QED) is 0.273. The number of carbonyl (C=O) groups is 1. The van der Waals surface area contributed by atoms with Gasteiger partial charge in [-0.05, 0) is 69.4 Å². The highest BCUT2D eigenvalue weighted by atomic mass is 19.4. The summed E-state index contributed by atoms with van der Waals surface area (Å²) in [5.74, 6) is -0.221. The Morgan fingerprint density at radius 1 is 0.925 bits per heavy atom. The fourth-order valence-electron chi connectivity index (χ4n) is 4.90. The molecule has 9 heteroatoms. The van der Waals surface area contributed by atoms with Gasteiger partial charge in [-0.3, -0.25) is 4.79 Å². The Morgan fingerprint density at radius 3 is 2.17 bits per heavy atom. The van der Waals surface area contributed by atoms with Crippen molar-refractivity contribution in [2.24, 2.45) is 0 Å². The maximum absolute atomic E-state index is 13.8. The lowest BCUT2D eigenvalue weighted by atomic mass is 9.71. The van der Waals surface area contributed by atoms with Gasteiger partial charge < -0.3 is 19.2 Å². The Balaban J connectivity index is 1.58. The second-order valence-corrected chi connectivity index (χ2v) is 10.8. The van der Waals surface area contributed by atoms with Crippen molar-refractivity contribution in [3.63, 3.8) is 0 Å². The smallest absolute Gasteiger partial charge is 0.455 e. The monoisotopic (exact) mass is 551 g/mol. The second kappa shape index (κ2) is 10.0. The summed E-state index contributed by atoms with van der Waals surface area (Å²) in [6.45, 7) is 5.39. The molecular formula is C31H28F3NO5. The number of carbonyl (C=O) groups excluding carboxylic acids is 1. The van der Waals surface area contributed by atoms with E-state index in [4.69, 9.17) is 9.15 Å². The van der Waals surface area contributed by atoms with Crippen molar-refractivity contribution < 1.29 is 31.9 Å². The number of hydrogen-bond acceptors (Lipinski definition) is 5. The zero-order chi connectivity index (χ0) is 28.7. The number of alkyl carbamates (subject to hydrolysis) is 1. The standard InChI is InChI=1S/C31H28F3NO5/c1-29(2,3)40-28(37)35-30(16-7-17-30)21-12-10-19(11-13-21)25-26(36)23-18-22(39-31(32,33)34)14-15-24(23)38-27(25)20-8-5-4-6-9-20/h4-6,8-15,18H,7,16-17H2,1-3H3,(H,35,37). The van der Waals surface area contributed by atoms with Crippen LogP contribution in [0, 0.1) is 0 Å². The lowest BCUT2D eigenvalue weighted by Crippen LogP contribution is -2.52. The first-order valence-corrected chi connectivity index (χ1v) is 12.9. The summed E-state index contributed by atoms with van der Waals surface area (Å²) in [6.07, 6.45) is -3.00. The largest absolute Gasteiger partial charge is 0.573 e. The third-order valence-electron chi connectivity index (χ3n) is 6.80. The lowest BCUT2D eigenvalue weighted by molar-refractivity contribution is -0.274. The first-order chi connectivity index (χ1) is 18.8.